The monoisotopic (exact) mass is 338 g/mol. The Kier molecular flexibility index (Phi) is 4.61. The number of nitrogens with one attached hydrogen (secondary N) is 2. The van der Waals surface area contributed by atoms with Crippen molar-refractivity contribution in [3.63, 3.8) is 0 Å². The number of halogens is 2. The van der Waals surface area contributed by atoms with E-state index in [-0.39, 0.29) is 23.1 Å². The van der Waals surface area contributed by atoms with Crippen LogP contribution >= 0.6 is 11.8 Å². The number of H-pyrrole nitrogens is 1. The Morgan fingerprint density at radius 3 is 2.91 bits per heavy atom. The summed E-state index contributed by atoms with van der Waals surface area (Å²) in [5.74, 6) is -0.306. The molecule has 1 aromatic carbocycles. The summed E-state index contributed by atoms with van der Waals surface area (Å²) in [6.45, 7) is 1.77. The standard InChI is InChI=1S/C15H16F2N4OS/c1-8-18-15(21-20-8)23-7-13(22)19-14(9-2-3-9)11-6-10(16)4-5-12(11)17/h4-6,9,14H,2-3,7H2,1H3,(H,19,22)(H,18,20,21)/t14-/m0/s1. The molecule has 122 valence electrons. The molecule has 0 aliphatic heterocycles. The van der Waals surface area contributed by atoms with Crippen LogP contribution in [0.15, 0.2) is 23.4 Å². The summed E-state index contributed by atoms with van der Waals surface area (Å²) in [6, 6.07) is 2.83. The summed E-state index contributed by atoms with van der Waals surface area (Å²) in [5.41, 5.74) is 0.208. The van der Waals surface area contributed by atoms with Gasteiger partial charge in [0.15, 0.2) is 0 Å². The van der Waals surface area contributed by atoms with Crippen molar-refractivity contribution in [2.75, 3.05) is 5.75 Å². The smallest absolute Gasteiger partial charge is 0.230 e. The summed E-state index contributed by atoms with van der Waals surface area (Å²) in [4.78, 5) is 16.2. The van der Waals surface area contributed by atoms with Crippen LogP contribution in [0.25, 0.3) is 0 Å². The van der Waals surface area contributed by atoms with Crippen LogP contribution < -0.4 is 5.32 Å². The van der Waals surface area contributed by atoms with E-state index in [4.69, 9.17) is 0 Å². The lowest BCUT2D eigenvalue weighted by Gasteiger charge is -2.19. The van der Waals surface area contributed by atoms with Gasteiger partial charge < -0.3 is 5.32 Å². The van der Waals surface area contributed by atoms with Crippen LogP contribution in [0.3, 0.4) is 0 Å². The van der Waals surface area contributed by atoms with Crippen LogP contribution in [-0.2, 0) is 4.79 Å². The molecule has 0 saturated heterocycles. The summed E-state index contributed by atoms with van der Waals surface area (Å²) in [5, 5.41) is 9.92. The highest BCUT2D eigenvalue weighted by molar-refractivity contribution is 7.99. The van der Waals surface area contributed by atoms with E-state index in [0.29, 0.717) is 11.0 Å². The highest BCUT2D eigenvalue weighted by Gasteiger charge is 2.35. The molecule has 0 spiro atoms. The van der Waals surface area contributed by atoms with Crippen LogP contribution in [0, 0.1) is 24.5 Å². The zero-order chi connectivity index (χ0) is 16.4. The Bertz CT molecular complexity index is 717. The van der Waals surface area contributed by atoms with Crippen molar-refractivity contribution in [3.8, 4) is 0 Å². The largest absolute Gasteiger partial charge is 0.348 e. The topological polar surface area (TPSA) is 70.7 Å². The first-order valence-electron chi connectivity index (χ1n) is 7.29. The second-order valence-corrected chi connectivity index (χ2v) is 6.48. The van der Waals surface area contributed by atoms with Gasteiger partial charge in [-0.05, 0) is 43.9 Å². The van der Waals surface area contributed by atoms with Gasteiger partial charge >= 0.3 is 0 Å². The molecular formula is C15H16F2N4OS. The zero-order valence-electron chi connectivity index (χ0n) is 12.5. The van der Waals surface area contributed by atoms with Crippen LogP contribution in [0.1, 0.15) is 30.3 Å². The molecule has 1 heterocycles. The molecule has 0 radical (unpaired) electrons. The van der Waals surface area contributed by atoms with E-state index in [1.54, 1.807) is 6.92 Å². The Hall–Kier alpha value is -1.96. The molecule has 0 bridgehead atoms. The van der Waals surface area contributed by atoms with Gasteiger partial charge in [0.1, 0.15) is 17.5 Å². The minimum Gasteiger partial charge on any atom is -0.348 e. The van der Waals surface area contributed by atoms with Crippen molar-refractivity contribution in [1.29, 1.82) is 0 Å². The lowest BCUT2D eigenvalue weighted by atomic mass is 10.0. The number of aryl methyl sites for hydroxylation is 1. The van der Waals surface area contributed by atoms with Gasteiger partial charge in [-0.1, -0.05) is 11.8 Å². The SMILES string of the molecule is Cc1nc(SCC(=O)N[C@H](c2cc(F)ccc2F)C2CC2)n[nH]1. The zero-order valence-corrected chi connectivity index (χ0v) is 13.3. The van der Waals surface area contributed by atoms with Crippen molar-refractivity contribution in [3.05, 3.63) is 41.2 Å². The predicted octanol–water partition coefficient (Wildman–Crippen LogP) is 2.75. The summed E-state index contributed by atoms with van der Waals surface area (Å²) in [7, 11) is 0. The van der Waals surface area contributed by atoms with E-state index in [2.05, 4.69) is 20.5 Å². The molecule has 1 fully saturated rings. The van der Waals surface area contributed by atoms with Crippen LogP contribution in [0.2, 0.25) is 0 Å². The number of nitrogens with zero attached hydrogens (tertiary/aromatic N) is 2. The number of aromatic nitrogens is 3. The number of hydrogen-bond donors (Lipinski definition) is 2. The normalized spacial score (nSPS) is 15.4. The first-order chi connectivity index (χ1) is 11.0. The first-order valence-corrected chi connectivity index (χ1v) is 8.27. The van der Waals surface area contributed by atoms with Gasteiger partial charge in [0, 0.05) is 5.56 Å². The second-order valence-electron chi connectivity index (χ2n) is 5.54. The van der Waals surface area contributed by atoms with E-state index >= 15 is 0 Å². The fraction of sp³-hybridized carbons (Fsp3) is 0.400. The maximum atomic E-state index is 14.0. The van der Waals surface area contributed by atoms with Gasteiger partial charge in [0.25, 0.3) is 0 Å². The van der Waals surface area contributed by atoms with E-state index in [1.807, 2.05) is 0 Å². The molecule has 23 heavy (non-hydrogen) atoms. The molecule has 8 heteroatoms. The first kappa shape index (κ1) is 15.9. The molecule has 1 atom stereocenters. The highest BCUT2D eigenvalue weighted by atomic mass is 32.2. The molecule has 3 rings (SSSR count). The average molecular weight is 338 g/mol. The number of carbonyl (C=O) groups excluding carboxylic acids is 1. The van der Waals surface area contributed by atoms with Gasteiger partial charge in [0.2, 0.25) is 11.1 Å². The molecule has 0 unspecified atom stereocenters. The van der Waals surface area contributed by atoms with Crippen molar-refractivity contribution < 1.29 is 13.6 Å². The molecule has 1 saturated carbocycles. The number of rotatable bonds is 6. The van der Waals surface area contributed by atoms with Crippen LogP contribution in [-0.4, -0.2) is 26.8 Å². The lowest BCUT2D eigenvalue weighted by molar-refractivity contribution is -0.119. The molecule has 1 aromatic heterocycles. The minimum atomic E-state index is -0.508. The lowest BCUT2D eigenvalue weighted by Crippen LogP contribution is -2.32. The fourth-order valence-electron chi connectivity index (χ4n) is 2.36. The maximum Gasteiger partial charge on any atom is 0.230 e. The quantitative estimate of drug-likeness (QED) is 0.795. The van der Waals surface area contributed by atoms with Gasteiger partial charge in [-0.3, -0.25) is 9.89 Å². The van der Waals surface area contributed by atoms with Crippen molar-refractivity contribution >= 4 is 17.7 Å². The van der Waals surface area contributed by atoms with Gasteiger partial charge in [-0.2, -0.15) is 0 Å². The highest BCUT2D eigenvalue weighted by Crippen LogP contribution is 2.41. The van der Waals surface area contributed by atoms with Crippen molar-refractivity contribution in [1.82, 2.24) is 20.5 Å². The van der Waals surface area contributed by atoms with Gasteiger partial charge in [0.05, 0.1) is 11.8 Å². The molecule has 2 N–H and O–H groups in total. The number of hydrogen-bond acceptors (Lipinski definition) is 4. The van der Waals surface area contributed by atoms with Crippen LogP contribution in [0.4, 0.5) is 8.78 Å². The fourth-order valence-corrected chi connectivity index (χ4v) is 3.02. The molecule has 1 aliphatic carbocycles. The van der Waals surface area contributed by atoms with E-state index in [1.165, 1.54) is 11.8 Å². The molecule has 1 aliphatic rings. The minimum absolute atomic E-state index is 0.122. The summed E-state index contributed by atoms with van der Waals surface area (Å²) < 4.78 is 27.4. The average Bonchev–Trinajstić information content (AvgIpc) is 3.27. The number of amides is 1. The molecule has 1 amide bonds. The molecular weight excluding hydrogens is 322 g/mol. The third-order valence-electron chi connectivity index (χ3n) is 3.61. The molecule has 5 nitrogen and oxygen atoms in total. The third kappa shape index (κ3) is 4.07. The van der Waals surface area contributed by atoms with Gasteiger partial charge in [-0.15, -0.1) is 5.10 Å². The third-order valence-corrected chi connectivity index (χ3v) is 4.46. The van der Waals surface area contributed by atoms with E-state index in [9.17, 15) is 13.6 Å². The van der Waals surface area contributed by atoms with Crippen LogP contribution in [0.5, 0.6) is 0 Å². The van der Waals surface area contributed by atoms with E-state index < -0.39 is 17.7 Å². The van der Waals surface area contributed by atoms with E-state index in [0.717, 1.165) is 31.0 Å². The van der Waals surface area contributed by atoms with Crippen molar-refractivity contribution in [2.24, 2.45) is 5.92 Å². The Morgan fingerprint density at radius 2 is 2.26 bits per heavy atom. The Balaban J connectivity index is 1.65. The maximum absolute atomic E-state index is 14.0. The van der Waals surface area contributed by atoms with Crippen molar-refractivity contribution in [2.45, 2.75) is 31.0 Å². The predicted molar refractivity (Wildman–Crippen MR) is 81.8 cm³/mol. The number of carbonyl (C=O) groups is 1. The Morgan fingerprint density at radius 1 is 1.48 bits per heavy atom. The van der Waals surface area contributed by atoms with Gasteiger partial charge in [-0.25, -0.2) is 13.8 Å². The summed E-state index contributed by atoms with van der Waals surface area (Å²) in [6.07, 6.45) is 1.79. The summed E-state index contributed by atoms with van der Waals surface area (Å²) >= 11 is 1.19. The number of benzene rings is 1. The number of aromatic amines is 1. The molecule has 2 aromatic rings. The second kappa shape index (κ2) is 6.66. The Labute approximate surface area is 136 Å². The number of thioether (sulfide) groups is 1.